The van der Waals surface area contributed by atoms with Crippen molar-refractivity contribution in [3.05, 3.63) is 66.0 Å². The molecule has 0 bridgehead atoms. The van der Waals surface area contributed by atoms with Gasteiger partial charge in [-0.2, -0.15) is 0 Å². The molecule has 17 heavy (non-hydrogen) atoms. The minimum Gasteiger partial charge on any atom is -0.683 e. The van der Waals surface area contributed by atoms with Crippen LogP contribution in [0.25, 0.3) is 5.32 Å². The Balaban J connectivity index is 0.00000144. The molecule has 0 atom stereocenters. The summed E-state index contributed by atoms with van der Waals surface area (Å²) in [5.41, 5.74) is 2.18. The summed E-state index contributed by atoms with van der Waals surface area (Å²) >= 11 is 0. The molecule has 82 valence electrons. The molecule has 0 aliphatic rings. The van der Waals surface area contributed by atoms with E-state index in [1.165, 1.54) is 0 Å². The van der Waals surface area contributed by atoms with E-state index in [-0.39, 0.29) is 18.9 Å². The van der Waals surface area contributed by atoms with Crippen LogP contribution in [-0.4, -0.2) is 13.1 Å². The summed E-state index contributed by atoms with van der Waals surface area (Å²) in [6, 6.07) is 20.2. The second-order valence-corrected chi connectivity index (χ2v) is 3.51. The van der Waals surface area contributed by atoms with Gasteiger partial charge in [0, 0.05) is 5.69 Å². The number of hydrogen-bond acceptors (Lipinski definition) is 1. The van der Waals surface area contributed by atoms with Crippen molar-refractivity contribution in [1.29, 1.82) is 0 Å². The summed E-state index contributed by atoms with van der Waals surface area (Å²) in [5, 5.41) is 7.78. The van der Waals surface area contributed by atoms with Crippen molar-refractivity contribution in [2.24, 2.45) is 0 Å². The average molecular weight is 218 g/mol. The topological polar surface area (TPSA) is 26.1 Å². The van der Waals surface area contributed by atoms with Crippen molar-refractivity contribution in [1.82, 2.24) is 0 Å². The van der Waals surface area contributed by atoms with Gasteiger partial charge in [0.15, 0.2) is 0 Å². The molecule has 2 rings (SSSR count). The summed E-state index contributed by atoms with van der Waals surface area (Å²) in [5.74, 6) is 0. The van der Waals surface area contributed by atoms with Crippen molar-refractivity contribution < 1.29 is 18.9 Å². The van der Waals surface area contributed by atoms with Crippen molar-refractivity contribution in [3.8, 4) is 0 Å². The van der Waals surface area contributed by atoms with E-state index in [2.05, 4.69) is 22.8 Å². The zero-order chi connectivity index (χ0) is 11.1. The Kier molecular flexibility index (Phi) is 6.32. The number of para-hydroxylation sites is 2. The van der Waals surface area contributed by atoms with E-state index in [1.54, 1.807) is 0 Å². The fraction of sp³-hybridized carbons (Fsp3) is 0.143. The van der Waals surface area contributed by atoms with E-state index in [4.69, 9.17) is 0 Å². The Bertz CT molecular complexity index is 362. The quantitative estimate of drug-likeness (QED) is 0.583. The van der Waals surface area contributed by atoms with Gasteiger partial charge in [0.1, 0.15) is 0 Å². The fourth-order valence-corrected chi connectivity index (χ4v) is 1.47. The number of nitrogens with one attached hydrogen (secondary N) is 1. The van der Waals surface area contributed by atoms with Gasteiger partial charge < -0.3 is 10.6 Å². The maximum Gasteiger partial charge on any atom is 1.00 e. The Morgan fingerprint density at radius 1 is 0.824 bits per heavy atom. The van der Waals surface area contributed by atoms with Crippen LogP contribution >= 0.6 is 0 Å². The minimum atomic E-state index is 0. The summed E-state index contributed by atoms with van der Waals surface area (Å²) in [6.07, 6.45) is 0. The van der Waals surface area contributed by atoms with Gasteiger partial charge in [0.2, 0.25) is 0 Å². The number of rotatable bonds is 5. The second-order valence-electron chi connectivity index (χ2n) is 3.51. The van der Waals surface area contributed by atoms with Gasteiger partial charge in [0.25, 0.3) is 0 Å². The van der Waals surface area contributed by atoms with Crippen LogP contribution in [-0.2, 0) is 0 Å². The molecular formula is C14H15LiN2. The number of benzene rings is 2. The summed E-state index contributed by atoms with van der Waals surface area (Å²) in [7, 11) is 0. The minimum absolute atomic E-state index is 0. The molecule has 2 aromatic rings. The van der Waals surface area contributed by atoms with Crippen LogP contribution in [0.1, 0.15) is 0 Å². The summed E-state index contributed by atoms with van der Waals surface area (Å²) in [6.45, 7) is 1.65. The van der Waals surface area contributed by atoms with Gasteiger partial charge >= 0.3 is 18.9 Å². The molecule has 0 radical (unpaired) electrons. The molecule has 0 spiro atoms. The molecule has 0 aromatic heterocycles. The molecular weight excluding hydrogens is 203 g/mol. The molecule has 3 heteroatoms. The van der Waals surface area contributed by atoms with Crippen molar-refractivity contribution >= 4 is 11.4 Å². The van der Waals surface area contributed by atoms with E-state index >= 15 is 0 Å². The number of hydrogen-bond donors (Lipinski definition) is 1. The van der Waals surface area contributed by atoms with Gasteiger partial charge in [-0.3, -0.25) is 0 Å². The van der Waals surface area contributed by atoms with Crippen molar-refractivity contribution in [2.45, 2.75) is 0 Å². The predicted molar refractivity (Wildman–Crippen MR) is 69.3 cm³/mol. The largest absolute Gasteiger partial charge is 1.00 e. The zero-order valence-corrected chi connectivity index (χ0v) is 10.1. The van der Waals surface area contributed by atoms with Crippen LogP contribution in [0.15, 0.2) is 60.7 Å². The average Bonchev–Trinajstić information content (AvgIpc) is 2.37. The summed E-state index contributed by atoms with van der Waals surface area (Å²) < 4.78 is 0. The monoisotopic (exact) mass is 218 g/mol. The molecule has 0 saturated heterocycles. The third-order valence-corrected chi connectivity index (χ3v) is 2.27. The Hall–Kier alpha value is -1.36. The fourth-order valence-electron chi connectivity index (χ4n) is 1.47. The standard InChI is InChI=1S/C14H15N2.Li/c1-3-7-13(8-4-1)15-11-12-16-14-9-5-2-6-10-14;/h1-10,15H,11-12H2;/q-1;+1. The molecule has 0 aliphatic heterocycles. The number of anilines is 1. The maximum absolute atomic E-state index is 4.46. The first-order valence-electron chi connectivity index (χ1n) is 5.46. The van der Waals surface area contributed by atoms with Crippen LogP contribution in [0.4, 0.5) is 11.4 Å². The zero-order valence-electron chi connectivity index (χ0n) is 10.1. The Labute approximate surface area is 115 Å². The van der Waals surface area contributed by atoms with Crippen LogP contribution in [0.5, 0.6) is 0 Å². The third kappa shape index (κ3) is 4.99. The predicted octanol–water partition coefficient (Wildman–Crippen LogP) is 0.808. The first-order chi connectivity index (χ1) is 7.95. The number of nitrogens with zero attached hydrogens (tertiary/aromatic N) is 1. The van der Waals surface area contributed by atoms with Crippen LogP contribution in [0, 0.1) is 0 Å². The Morgan fingerprint density at radius 2 is 1.41 bits per heavy atom. The molecule has 0 aliphatic carbocycles. The molecule has 0 heterocycles. The van der Waals surface area contributed by atoms with Crippen molar-refractivity contribution in [3.63, 3.8) is 0 Å². The van der Waals surface area contributed by atoms with Crippen LogP contribution < -0.4 is 24.2 Å². The summed E-state index contributed by atoms with van der Waals surface area (Å²) in [4.78, 5) is 0. The normalized spacial score (nSPS) is 9.18. The Morgan fingerprint density at radius 3 is 2.06 bits per heavy atom. The second kappa shape index (κ2) is 7.84. The van der Waals surface area contributed by atoms with Crippen molar-refractivity contribution in [2.75, 3.05) is 18.4 Å². The van der Waals surface area contributed by atoms with E-state index in [9.17, 15) is 0 Å². The van der Waals surface area contributed by atoms with Gasteiger partial charge in [-0.15, -0.1) is 12.2 Å². The van der Waals surface area contributed by atoms with E-state index in [0.29, 0.717) is 0 Å². The van der Waals surface area contributed by atoms with Gasteiger partial charge in [-0.25, -0.2) is 0 Å². The smallest absolute Gasteiger partial charge is 0.683 e. The van der Waals surface area contributed by atoms with E-state index in [0.717, 1.165) is 24.5 Å². The molecule has 2 aromatic carbocycles. The molecule has 0 fully saturated rings. The SMILES string of the molecule is [Li+].c1ccc([N-]CCNc2ccccc2)cc1. The third-order valence-electron chi connectivity index (χ3n) is 2.27. The molecule has 0 saturated carbocycles. The van der Waals surface area contributed by atoms with Crippen LogP contribution in [0.3, 0.4) is 0 Å². The molecule has 0 amide bonds. The first kappa shape index (κ1) is 13.7. The molecule has 0 unspecified atom stereocenters. The van der Waals surface area contributed by atoms with E-state index < -0.39 is 0 Å². The molecule has 1 N–H and O–H groups in total. The molecule has 2 nitrogen and oxygen atoms in total. The van der Waals surface area contributed by atoms with E-state index in [1.807, 2.05) is 48.5 Å². The maximum atomic E-state index is 4.46. The van der Waals surface area contributed by atoms with Gasteiger partial charge in [-0.05, 0) is 18.7 Å². The van der Waals surface area contributed by atoms with Gasteiger partial charge in [0.05, 0.1) is 0 Å². The van der Waals surface area contributed by atoms with Crippen LogP contribution in [0.2, 0.25) is 0 Å². The first-order valence-corrected chi connectivity index (χ1v) is 5.46. The van der Waals surface area contributed by atoms with Gasteiger partial charge in [-0.1, -0.05) is 48.5 Å².